The number of hydrogen-bond donors (Lipinski definition) is 1. The molecule has 1 fully saturated rings. The molecule has 112 valence electrons. The molecule has 1 saturated carbocycles. The van der Waals surface area contributed by atoms with Crippen molar-refractivity contribution < 1.29 is 0 Å². The van der Waals surface area contributed by atoms with Crippen LogP contribution in [-0.4, -0.2) is 23.5 Å². The first kappa shape index (κ1) is 14.8. The fourth-order valence-electron chi connectivity index (χ4n) is 3.12. The van der Waals surface area contributed by atoms with Crippen molar-refractivity contribution in [1.82, 2.24) is 4.90 Å². The van der Waals surface area contributed by atoms with Crippen LogP contribution in [0.25, 0.3) is 0 Å². The molecule has 1 aliphatic carbocycles. The van der Waals surface area contributed by atoms with Crippen LogP contribution in [-0.2, 0) is 6.54 Å². The van der Waals surface area contributed by atoms with Crippen molar-refractivity contribution in [2.45, 2.75) is 44.3 Å². The van der Waals surface area contributed by atoms with Crippen molar-refractivity contribution in [3.05, 3.63) is 58.3 Å². The van der Waals surface area contributed by atoms with E-state index in [9.17, 15) is 0 Å². The van der Waals surface area contributed by atoms with Crippen LogP contribution in [0.4, 0.5) is 0 Å². The molecule has 3 heteroatoms. The van der Waals surface area contributed by atoms with Gasteiger partial charge in [-0.25, -0.2) is 0 Å². The Hall–Kier alpha value is -1.16. The van der Waals surface area contributed by atoms with Crippen LogP contribution in [0.3, 0.4) is 0 Å². The Morgan fingerprint density at radius 2 is 2.00 bits per heavy atom. The summed E-state index contributed by atoms with van der Waals surface area (Å²) in [5.41, 5.74) is 8.98. The standard InChI is InChI=1S/C18H24N2S/c1-14(16-5-3-2-4-6-16)18(11-19)20(17-7-8-17)12-15-9-10-21-13-15/h2-6,9-10,13-14,17-18H,7-8,11-12,19H2,1H3. The van der Waals surface area contributed by atoms with Crippen molar-refractivity contribution in [1.29, 1.82) is 0 Å². The maximum Gasteiger partial charge on any atom is 0.0290 e. The first-order valence-corrected chi connectivity index (χ1v) is 8.75. The maximum atomic E-state index is 6.17. The van der Waals surface area contributed by atoms with Crippen LogP contribution in [0.2, 0.25) is 0 Å². The summed E-state index contributed by atoms with van der Waals surface area (Å²) in [5.74, 6) is 0.468. The molecule has 1 aromatic heterocycles. The Labute approximate surface area is 131 Å². The van der Waals surface area contributed by atoms with Crippen molar-refractivity contribution in [3.8, 4) is 0 Å². The Bertz CT molecular complexity index is 534. The Morgan fingerprint density at radius 3 is 2.57 bits per heavy atom. The summed E-state index contributed by atoms with van der Waals surface area (Å²) in [7, 11) is 0. The summed E-state index contributed by atoms with van der Waals surface area (Å²) in [6, 6.07) is 14.2. The van der Waals surface area contributed by atoms with Crippen LogP contribution < -0.4 is 5.73 Å². The highest BCUT2D eigenvalue weighted by Gasteiger charge is 2.36. The average Bonchev–Trinajstić information content (AvgIpc) is 3.25. The fourth-order valence-corrected chi connectivity index (χ4v) is 3.78. The van der Waals surface area contributed by atoms with Crippen molar-refractivity contribution in [2.24, 2.45) is 5.73 Å². The van der Waals surface area contributed by atoms with Gasteiger partial charge in [-0.05, 0) is 46.7 Å². The number of nitrogens with two attached hydrogens (primary N) is 1. The molecule has 1 aromatic carbocycles. The summed E-state index contributed by atoms with van der Waals surface area (Å²) >= 11 is 1.78. The minimum absolute atomic E-state index is 0.416. The Kier molecular flexibility index (Phi) is 4.73. The second kappa shape index (κ2) is 6.73. The van der Waals surface area contributed by atoms with E-state index in [0.29, 0.717) is 12.0 Å². The zero-order valence-electron chi connectivity index (χ0n) is 12.6. The number of nitrogens with zero attached hydrogens (tertiary/aromatic N) is 1. The number of thiophene rings is 1. The highest BCUT2D eigenvalue weighted by molar-refractivity contribution is 7.07. The normalized spacial score (nSPS) is 17.9. The predicted molar refractivity (Wildman–Crippen MR) is 90.6 cm³/mol. The van der Waals surface area contributed by atoms with E-state index in [2.05, 4.69) is 59.0 Å². The molecule has 1 heterocycles. The van der Waals surface area contributed by atoms with E-state index in [0.717, 1.165) is 19.1 Å². The third-order valence-corrected chi connectivity index (χ3v) is 5.26. The van der Waals surface area contributed by atoms with Crippen LogP contribution in [0.1, 0.15) is 36.8 Å². The number of hydrogen-bond acceptors (Lipinski definition) is 3. The van der Waals surface area contributed by atoms with Gasteiger partial charge in [-0.3, -0.25) is 4.90 Å². The lowest BCUT2D eigenvalue weighted by atomic mass is 9.91. The van der Waals surface area contributed by atoms with Gasteiger partial charge in [0.25, 0.3) is 0 Å². The summed E-state index contributed by atoms with van der Waals surface area (Å²) in [4.78, 5) is 2.64. The largest absolute Gasteiger partial charge is 0.329 e. The minimum Gasteiger partial charge on any atom is -0.329 e. The third-order valence-electron chi connectivity index (χ3n) is 4.53. The Morgan fingerprint density at radius 1 is 1.24 bits per heavy atom. The van der Waals surface area contributed by atoms with E-state index in [1.807, 2.05) is 0 Å². The van der Waals surface area contributed by atoms with Gasteiger partial charge in [-0.1, -0.05) is 37.3 Å². The quantitative estimate of drug-likeness (QED) is 0.841. The predicted octanol–water partition coefficient (Wildman–Crippen LogP) is 3.84. The number of rotatable bonds is 7. The van der Waals surface area contributed by atoms with Crippen LogP contribution in [0.5, 0.6) is 0 Å². The summed E-state index contributed by atoms with van der Waals surface area (Å²) in [6.45, 7) is 4.07. The molecule has 2 aromatic rings. The third kappa shape index (κ3) is 3.54. The monoisotopic (exact) mass is 300 g/mol. The molecular formula is C18H24N2S. The van der Waals surface area contributed by atoms with Gasteiger partial charge in [-0.2, -0.15) is 11.3 Å². The first-order chi connectivity index (χ1) is 10.3. The number of benzene rings is 1. The molecule has 2 unspecified atom stereocenters. The molecule has 1 aliphatic rings. The van der Waals surface area contributed by atoms with Crippen molar-refractivity contribution >= 4 is 11.3 Å². The van der Waals surface area contributed by atoms with Gasteiger partial charge in [0, 0.05) is 25.2 Å². The summed E-state index contributed by atoms with van der Waals surface area (Å²) in [5, 5.41) is 4.43. The van der Waals surface area contributed by atoms with Gasteiger partial charge >= 0.3 is 0 Å². The van der Waals surface area contributed by atoms with E-state index in [4.69, 9.17) is 5.73 Å². The minimum atomic E-state index is 0.416. The summed E-state index contributed by atoms with van der Waals surface area (Å²) in [6.07, 6.45) is 2.64. The molecule has 3 rings (SSSR count). The first-order valence-electron chi connectivity index (χ1n) is 7.81. The van der Waals surface area contributed by atoms with Gasteiger partial charge in [0.1, 0.15) is 0 Å². The molecule has 2 nitrogen and oxygen atoms in total. The maximum absolute atomic E-state index is 6.17. The second-order valence-corrected chi connectivity index (χ2v) is 6.82. The molecule has 0 radical (unpaired) electrons. The van der Waals surface area contributed by atoms with Gasteiger partial charge < -0.3 is 5.73 Å². The zero-order valence-corrected chi connectivity index (χ0v) is 13.4. The van der Waals surface area contributed by atoms with Gasteiger partial charge in [0.05, 0.1) is 0 Å². The van der Waals surface area contributed by atoms with E-state index in [1.165, 1.54) is 24.0 Å². The van der Waals surface area contributed by atoms with Gasteiger partial charge in [-0.15, -0.1) is 0 Å². The second-order valence-electron chi connectivity index (χ2n) is 6.04. The van der Waals surface area contributed by atoms with Gasteiger partial charge in [0.15, 0.2) is 0 Å². The van der Waals surface area contributed by atoms with E-state index < -0.39 is 0 Å². The molecule has 0 bridgehead atoms. The highest BCUT2D eigenvalue weighted by atomic mass is 32.1. The van der Waals surface area contributed by atoms with E-state index in [1.54, 1.807) is 11.3 Å². The van der Waals surface area contributed by atoms with Crippen LogP contribution in [0.15, 0.2) is 47.2 Å². The SMILES string of the molecule is CC(c1ccccc1)C(CN)N(Cc1ccsc1)C1CC1. The molecule has 0 amide bonds. The van der Waals surface area contributed by atoms with Crippen molar-refractivity contribution in [3.63, 3.8) is 0 Å². The molecule has 0 aliphatic heterocycles. The highest BCUT2D eigenvalue weighted by Crippen LogP contribution is 2.34. The summed E-state index contributed by atoms with van der Waals surface area (Å²) < 4.78 is 0. The smallest absolute Gasteiger partial charge is 0.0290 e. The van der Waals surface area contributed by atoms with Crippen LogP contribution >= 0.6 is 11.3 Å². The topological polar surface area (TPSA) is 29.3 Å². The lowest BCUT2D eigenvalue weighted by Crippen LogP contribution is -2.44. The molecule has 0 saturated heterocycles. The van der Waals surface area contributed by atoms with Crippen molar-refractivity contribution in [2.75, 3.05) is 6.54 Å². The van der Waals surface area contributed by atoms with Gasteiger partial charge in [0.2, 0.25) is 0 Å². The molecule has 2 atom stereocenters. The lowest BCUT2D eigenvalue weighted by molar-refractivity contribution is 0.160. The zero-order chi connectivity index (χ0) is 14.7. The van der Waals surface area contributed by atoms with E-state index in [-0.39, 0.29) is 0 Å². The Balaban J connectivity index is 1.78. The molecule has 2 N–H and O–H groups in total. The molecular weight excluding hydrogens is 276 g/mol. The lowest BCUT2D eigenvalue weighted by Gasteiger charge is -2.35. The van der Waals surface area contributed by atoms with Crippen LogP contribution in [0, 0.1) is 0 Å². The fraction of sp³-hybridized carbons (Fsp3) is 0.444. The molecule has 21 heavy (non-hydrogen) atoms. The molecule has 0 spiro atoms. The average molecular weight is 300 g/mol. The van der Waals surface area contributed by atoms with E-state index >= 15 is 0 Å².